The Morgan fingerprint density at radius 1 is 0.967 bits per heavy atom. The number of likely N-dealkylation sites (tertiary alicyclic amines) is 1. The number of piperidine rings is 1. The van der Waals surface area contributed by atoms with E-state index < -0.39 is 0 Å². The first kappa shape index (κ1) is 21.0. The van der Waals surface area contributed by atoms with E-state index in [9.17, 15) is 0 Å². The molecule has 1 fully saturated rings. The van der Waals surface area contributed by atoms with Gasteiger partial charge in [0.15, 0.2) is 0 Å². The minimum Gasteiger partial charge on any atom is -0.312 e. The van der Waals surface area contributed by atoms with Gasteiger partial charge in [-0.3, -0.25) is 4.90 Å². The van der Waals surface area contributed by atoms with Crippen molar-refractivity contribution in [1.82, 2.24) is 25.0 Å². The standard InChI is InChI=1S/C24H29N5.ClH/c1-18-5-7-20(8-6-18)22-4-2-3-19(15-22)17-28-12-9-21(10-13-28)24-27-26-23-16-25-11-14-29(23)24;/h2-8,15,21,25H,9-14,16-17H2,1H3;1H. The molecule has 0 spiro atoms. The summed E-state index contributed by atoms with van der Waals surface area (Å²) in [5.41, 5.74) is 5.30. The van der Waals surface area contributed by atoms with Gasteiger partial charge >= 0.3 is 0 Å². The van der Waals surface area contributed by atoms with E-state index in [0.29, 0.717) is 5.92 Å². The quantitative estimate of drug-likeness (QED) is 0.684. The van der Waals surface area contributed by atoms with Crippen LogP contribution in [0.4, 0.5) is 0 Å². The van der Waals surface area contributed by atoms with Crippen molar-refractivity contribution in [3.05, 3.63) is 71.3 Å². The summed E-state index contributed by atoms with van der Waals surface area (Å²) in [6.07, 6.45) is 2.34. The lowest BCUT2D eigenvalue weighted by molar-refractivity contribution is 0.199. The van der Waals surface area contributed by atoms with Crippen molar-refractivity contribution in [1.29, 1.82) is 0 Å². The van der Waals surface area contributed by atoms with Crippen molar-refractivity contribution < 1.29 is 0 Å². The van der Waals surface area contributed by atoms with E-state index in [2.05, 4.69) is 80.4 Å². The summed E-state index contributed by atoms with van der Waals surface area (Å²) in [6, 6.07) is 17.8. The van der Waals surface area contributed by atoms with Crippen LogP contribution < -0.4 is 5.32 Å². The van der Waals surface area contributed by atoms with Crippen LogP contribution in [0.1, 0.15) is 41.5 Å². The van der Waals surface area contributed by atoms with Gasteiger partial charge in [0, 0.05) is 25.6 Å². The van der Waals surface area contributed by atoms with Crippen LogP contribution in [-0.4, -0.2) is 39.3 Å². The summed E-state index contributed by atoms with van der Waals surface area (Å²) >= 11 is 0. The molecular formula is C24H30ClN5. The van der Waals surface area contributed by atoms with Crippen molar-refractivity contribution in [3.63, 3.8) is 0 Å². The Kier molecular flexibility index (Phi) is 6.52. The molecular weight excluding hydrogens is 394 g/mol. The average Bonchev–Trinajstić information content (AvgIpc) is 3.19. The molecule has 0 unspecified atom stereocenters. The predicted octanol–water partition coefficient (Wildman–Crippen LogP) is 4.16. The van der Waals surface area contributed by atoms with Gasteiger partial charge in [-0.1, -0.05) is 48.0 Å². The van der Waals surface area contributed by atoms with Crippen molar-refractivity contribution in [3.8, 4) is 11.1 Å². The summed E-state index contributed by atoms with van der Waals surface area (Å²) in [7, 11) is 0. The van der Waals surface area contributed by atoms with E-state index in [0.717, 1.165) is 45.1 Å². The van der Waals surface area contributed by atoms with Crippen molar-refractivity contribution >= 4 is 12.4 Å². The van der Waals surface area contributed by atoms with Crippen LogP contribution in [0.5, 0.6) is 0 Å². The van der Waals surface area contributed by atoms with Gasteiger partial charge in [-0.05, 0) is 55.6 Å². The SMILES string of the molecule is Cc1ccc(-c2cccc(CN3CCC(c4nnc5n4CCNC5)CC3)c2)cc1.Cl. The summed E-state index contributed by atoms with van der Waals surface area (Å²) in [5, 5.41) is 12.3. The first-order valence-electron chi connectivity index (χ1n) is 10.8. The normalized spacial score (nSPS) is 17.4. The summed E-state index contributed by atoms with van der Waals surface area (Å²) in [4.78, 5) is 2.58. The molecule has 0 aliphatic carbocycles. The predicted molar refractivity (Wildman–Crippen MR) is 123 cm³/mol. The lowest BCUT2D eigenvalue weighted by Crippen LogP contribution is -2.34. The second kappa shape index (κ2) is 9.29. The van der Waals surface area contributed by atoms with Gasteiger partial charge in [0.1, 0.15) is 11.6 Å². The maximum atomic E-state index is 4.54. The van der Waals surface area contributed by atoms with E-state index in [1.165, 1.54) is 40.9 Å². The van der Waals surface area contributed by atoms with E-state index in [4.69, 9.17) is 0 Å². The third kappa shape index (κ3) is 4.43. The molecule has 5 rings (SSSR count). The Morgan fingerprint density at radius 3 is 2.57 bits per heavy atom. The number of hydrogen-bond acceptors (Lipinski definition) is 4. The fraction of sp³-hybridized carbons (Fsp3) is 0.417. The zero-order chi connectivity index (χ0) is 19.6. The molecule has 6 heteroatoms. The van der Waals surface area contributed by atoms with Crippen molar-refractivity contribution in [2.75, 3.05) is 19.6 Å². The van der Waals surface area contributed by atoms with E-state index in [1.807, 2.05) is 0 Å². The molecule has 1 saturated heterocycles. The molecule has 1 N–H and O–H groups in total. The molecule has 0 bridgehead atoms. The summed E-state index contributed by atoms with van der Waals surface area (Å²) in [6.45, 7) is 8.28. The molecule has 0 saturated carbocycles. The smallest absolute Gasteiger partial charge is 0.147 e. The van der Waals surface area contributed by atoms with Crippen molar-refractivity contribution in [2.45, 2.75) is 45.3 Å². The van der Waals surface area contributed by atoms with Gasteiger partial charge in [0.05, 0.1) is 6.54 Å². The third-order valence-electron chi connectivity index (χ3n) is 6.32. The van der Waals surface area contributed by atoms with Crippen LogP contribution in [0.3, 0.4) is 0 Å². The van der Waals surface area contributed by atoms with E-state index >= 15 is 0 Å². The second-order valence-corrected chi connectivity index (χ2v) is 8.42. The van der Waals surface area contributed by atoms with E-state index in [-0.39, 0.29) is 12.4 Å². The van der Waals surface area contributed by atoms with Crippen LogP contribution in [0, 0.1) is 6.92 Å². The number of halogens is 1. The molecule has 2 aliphatic rings. The number of hydrogen-bond donors (Lipinski definition) is 1. The Labute approximate surface area is 184 Å². The number of aromatic nitrogens is 3. The van der Waals surface area contributed by atoms with Crippen LogP contribution in [-0.2, 0) is 19.6 Å². The van der Waals surface area contributed by atoms with E-state index in [1.54, 1.807) is 0 Å². The molecule has 3 aromatic rings. The number of nitrogens with one attached hydrogen (secondary N) is 1. The molecule has 2 aromatic carbocycles. The zero-order valence-corrected chi connectivity index (χ0v) is 18.4. The fourth-order valence-electron chi connectivity index (χ4n) is 4.62. The lowest BCUT2D eigenvalue weighted by Gasteiger charge is -2.32. The van der Waals surface area contributed by atoms with Gasteiger partial charge < -0.3 is 9.88 Å². The molecule has 30 heavy (non-hydrogen) atoms. The molecule has 0 amide bonds. The number of rotatable bonds is 4. The van der Waals surface area contributed by atoms with Crippen molar-refractivity contribution in [2.24, 2.45) is 0 Å². The highest BCUT2D eigenvalue weighted by Crippen LogP contribution is 2.29. The molecule has 2 aliphatic heterocycles. The Morgan fingerprint density at radius 2 is 1.77 bits per heavy atom. The largest absolute Gasteiger partial charge is 0.312 e. The topological polar surface area (TPSA) is 46.0 Å². The molecule has 5 nitrogen and oxygen atoms in total. The number of fused-ring (bicyclic) bond motifs is 1. The Bertz CT molecular complexity index is 974. The number of aryl methyl sites for hydroxylation is 1. The molecule has 0 atom stereocenters. The zero-order valence-electron chi connectivity index (χ0n) is 17.6. The summed E-state index contributed by atoms with van der Waals surface area (Å²) < 4.78 is 2.35. The highest BCUT2D eigenvalue weighted by Gasteiger charge is 2.27. The Hall–Kier alpha value is -2.21. The molecule has 0 radical (unpaired) electrons. The lowest BCUT2D eigenvalue weighted by atomic mass is 9.95. The minimum atomic E-state index is 0. The average molecular weight is 424 g/mol. The monoisotopic (exact) mass is 423 g/mol. The van der Waals surface area contributed by atoms with Gasteiger partial charge in [0.25, 0.3) is 0 Å². The maximum absolute atomic E-state index is 4.54. The van der Waals surface area contributed by atoms with Gasteiger partial charge in [-0.2, -0.15) is 0 Å². The maximum Gasteiger partial charge on any atom is 0.147 e. The second-order valence-electron chi connectivity index (χ2n) is 8.42. The molecule has 3 heterocycles. The van der Waals surface area contributed by atoms with Gasteiger partial charge in [-0.25, -0.2) is 0 Å². The van der Waals surface area contributed by atoms with Crippen LogP contribution in [0.15, 0.2) is 48.5 Å². The van der Waals surface area contributed by atoms with Crippen LogP contribution in [0.25, 0.3) is 11.1 Å². The fourth-order valence-corrected chi connectivity index (χ4v) is 4.62. The van der Waals surface area contributed by atoms with Gasteiger partial charge in [0.2, 0.25) is 0 Å². The van der Waals surface area contributed by atoms with Crippen LogP contribution >= 0.6 is 12.4 Å². The molecule has 1 aromatic heterocycles. The van der Waals surface area contributed by atoms with Crippen LogP contribution in [0.2, 0.25) is 0 Å². The molecule has 158 valence electrons. The first-order chi connectivity index (χ1) is 14.3. The third-order valence-corrected chi connectivity index (χ3v) is 6.32. The minimum absolute atomic E-state index is 0. The highest BCUT2D eigenvalue weighted by atomic mass is 35.5. The number of nitrogens with zero attached hydrogens (tertiary/aromatic N) is 4. The highest BCUT2D eigenvalue weighted by molar-refractivity contribution is 5.85. The Balaban J connectivity index is 0.00000218. The first-order valence-corrected chi connectivity index (χ1v) is 10.8. The summed E-state index contributed by atoms with van der Waals surface area (Å²) in [5.74, 6) is 2.86. The number of benzene rings is 2. The van der Waals surface area contributed by atoms with Gasteiger partial charge in [-0.15, -0.1) is 22.6 Å².